The van der Waals surface area contributed by atoms with Crippen LogP contribution in [0.5, 0.6) is 0 Å². The number of carbonyl (C=O) groups excluding carboxylic acids is 1. The second kappa shape index (κ2) is 8.00. The molecule has 1 saturated heterocycles. The average Bonchev–Trinajstić information content (AvgIpc) is 2.47. The van der Waals surface area contributed by atoms with Crippen molar-refractivity contribution in [2.75, 3.05) is 26.2 Å². The van der Waals surface area contributed by atoms with E-state index in [0.717, 1.165) is 26.2 Å². The van der Waals surface area contributed by atoms with E-state index in [-0.39, 0.29) is 5.91 Å². The highest BCUT2D eigenvalue weighted by Gasteiger charge is 2.38. The Hall–Kier alpha value is -1.80. The van der Waals surface area contributed by atoms with Gasteiger partial charge < -0.3 is 15.3 Å². The lowest BCUT2D eigenvalue weighted by Crippen LogP contribution is -2.46. The Morgan fingerprint density at radius 2 is 1.77 bits per heavy atom. The Morgan fingerprint density at radius 3 is 2.23 bits per heavy atom. The molecule has 1 aromatic carbocycles. The van der Waals surface area contributed by atoms with Crippen molar-refractivity contribution in [1.82, 2.24) is 10.2 Å². The lowest BCUT2D eigenvalue weighted by molar-refractivity contribution is -0.192. The Balaban J connectivity index is 0.000000295. The van der Waals surface area contributed by atoms with Crippen LogP contribution in [0.4, 0.5) is 13.2 Å². The molecular weight excluding hydrogens is 325 g/mol. The van der Waals surface area contributed by atoms with E-state index in [9.17, 15) is 18.0 Å². The van der Waals surface area contributed by atoms with E-state index in [4.69, 9.17) is 21.5 Å². The third-order valence-corrected chi connectivity index (χ3v) is 2.95. The highest BCUT2D eigenvalue weighted by molar-refractivity contribution is 6.30. The molecule has 1 fully saturated rings. The maximum Gasteiger partial charge on any atom is 0.490 e. The number of piperazine rings is 1. The molecule has 0 unspecified atom stereocenters. The van der Waals surface area contributed by atoms with Crippen molar-refractivity contribution in [3.63, 3.8) is 0 Å². The molecule has 0 atom stereocenters. The molecule has 2 N–H and O–H groups in total. The molecular formula is C13H14ClF3N2O3. The van der Waals surface area contributed by atoms with Gasteiger partial charge >= 0.3 is 12.1 Å². The topological polar surface area (TPSA) is 69.6 Å². The molecule has 22 heavy (non-hydrogen) atoms. The Kier molecular flexibility index (Phi) is 6.63. The first-order valence-corrected chi connectivity index (χ1v) is 6.65. The van der Waals surface area contributed by atoms with Crippen molar-refractivity contribution in [3.8, 4) is 0 Å². The van der Waals surface area contributed by atoms with Crippen molar-refractivity contribution in [3.05, 3.63) is 34.9 Å². The third kappa shape index (κ3) is 5.90. The summed E-state index contributed by atoms with van der Waals surface area (Å²) in [6, 6.07) is 7.09. The number of hydrogen-bond acceptors (Lipinski definition) is 3. The smallest absolute Gasteiger partial charge is 0.475 e. The number of carboxylic acids is 1. The van der Waals surface area contributed by atoms with Crippen LogP contribution in [-0.4, -0.2) is 54.2 Å². The van der Waals surface area contributed by atoms with E-state index in [1.54, 1.807) is 24.3 Å². The number of halogens is 4. The molecule has 0 aromatic heterocycles. The molecule has 1 heterocycles. The summed E-state index contributed by atoms with van der Waals surface area (Å²) in [6.07, 6.45) is -5.08. The lowest BCUT2D eigenvalue weighted by atomic mass is 10.2. The molecule has 122 valence electrons. The van der Waals surface area contributed by atoms with Crippen LogP contribution >= 0.6 is 11.6 Å². The largest absolute Gasteiger partial charge is 0.490 e. The zero-order chi connectivity index (χ0) is 16.8. The molecule has 2 rings (SSSR count). The fraction of sp³-hybridized carbons (Fsp3) is 0.385. The number of carbonyl (C=O) groups is 2. The normalized spacial score (nSPS) is 14.8. The van der Waals surface area contributed by atoms with Gasteiger partial charge in [-0.2, -0.15) is 13.2 Å². The summed E-state index contributed by atoms with van der Waals surface area (Å²) >= 11 is 5.84. The zero-order valence-corrected chi connectivity index (χ0v) is 12.1. The predicted molar refractivity (Wildman–Crippen MR) is 73.9 cm³/mol. The van der Waals surface area contributed by atoms with Gasteiger partial charge in [0.25, 0.3) is 5.91 Å². The van der Waals surface area contributed by atoms with Gasteiger partial charge in [0.2, 0.25) is 0 Å². The molecule has 9 heteroatoms. The highest BCUT2D eigenvalue weighted by Crippen LogP contribution is 2.13. The lowest BCUT2D eigenvalue weighted by Gasteiger charge is -2.27. The van der Waals surface area contributed by atoms with Crippen LogP contribution in [-0.2, 0) is 4.79 Å². The quantitative estimate of drug-likeness (QED) is 0.822. The van der Waals surface area contributed by atoms with Crippen molar-refractivity contribution in [2.24, 2.45) is 0 Å². The Morgan fingerprint density at radius 1 is 1.23 bits per heavy atom. The molecule has 1 amide bonds. The predicted octanol–water partition coefficient (Wildman–Crippen LogP) is 2.02. The third-order valence-electron chi connectivity index (χ3n) is 2.72. The number of rotatable bonds is 1. The van der Waals surface area contributed by atoms with Gasteiger partial charge in [-0.05, 0) is 18.2 Å². The van der Waals surface area contributed by atoms with E-state index >= 15 is 0 Å². The molecule has 0 spiro atoms. The molecule has 1 aliphatic heterocycles. The monoisotopic (exact) mass is 338 g/mol. The number of nitrogens with one attached hydrogen (secondary N) is 1. The maximum atomic E-state index is 12.0. The number of alkyl halides is 3. The Bertz CT molecular complexity index is 532. The number of aliphatic carboxylic acids is 1. The van der Waals surface area contributed by atoms with E-state index in [1.165, 1.54) is 0 Å². The van der Waals surface area contributed by atoms with Gasteiger partial charge in [0, 0.05) is 36.8 Å². The number of hydrogen-bond donors (Lipinski definition) is 2. The zero-order valence-electron chi connectivity index (χ0n) is 11.4. The summed E-state index contributed by atoms with van der Waals surface area (Å²) in [6.45, 7) is 3.27. The molecule has 1 aromatic rings. The number of benzene rings is 1. The van der Waals surface area contributed by atoms with Gasteiger partial charge in [-0.3, -0.25) is 4.79 Å². The van der Waals surface area contributed by atoms with E-state index in [0.29, 0.717) is 10.6 Å². The van der Waals surface area contributed by atoms with Gasteiger partial charge in [-0.15, -0.1) is 0 Å². The summed E-state index contributed by atoms with van der Waals surface area (Å²) in [4.78, 5) is 22.7. The second-order valence-corrected chi connectivity index (χ2v) is 4.79. The highest BCUT2D eigenvalue weighted by atomic mass is 35.5. The molecule has 0 radical (unpaired) electrons. The van der Waals surface area contributed by atoms with Crippen molar-refractivity contribution in [2.45, 2.75) is 6.18 Å². The molecule has 5 nitrogen and oxygen atoms in total. The van der Waals surface area contributed by atoms with E-state index < -0.39 is 12.1 Å². The SMILES string of the molecule is O=C(O)C(F)(F)F.O=C(c1cccc(Cl)c1)N1CCNCC1. The van der Waals surface area contributed by atoms with Gasteiger partial charge in [-0.1, -0.05) is 17.7 Å². The van der Waals surface area contributed by atoms with Gasteiger partial charge in [0.1, 0.15) is 0 Å². The molecule has 0 aliphatic carbocycles. The summed E-state index contributed by atoms with van der Waals surface area (Å²) in [5, 5.41) is 10.9. The minimum atomic E-state index is -5.08. The van der Waals surface area contributed by atoms with Crippen LogP contribution in [0.3, 0.4) is 0 Å². The number of carboxylic acid groups (broad SMARTS) is 1. The Labute approximate surface area is 129 Å². The van der Waals surface area contributed by atoms with Gasteiger partial charge in [-0.25, -0.2) is 4.79 Å². The molecule has 0 bridgehead atoms. The van der Waals surface area contributed by atoms with Crippen molar-refractivity contribution < 1.29 is 27.9 Å². The first kappa shape index (κ1) is 18.2. The standard InChI is InChI=1S/C11H13ClN2O.C2HF3O2/c12-10-3-1-2-9(8-10)11(15)14-6-4-13-5-7-14;3-2(4,5)1(6)7/h1-3,8,13H,4-7H2;(H,6,7). The summed E-state index contributed by atoms with van der Waals surface area (Å²) in [7, 11) is 0. The first-order chi connectivity index (χ1) is 10.2. The van der Waals surface area contributed by atoms with E-state index in [2.05, 4.69) is 5.32 Å². The van der Waals surface area contributed by atoms with Gasteiger partial charge in [0.05, 0.1) is 0 Å². The first-order valence-electron chi connectivity index (χ1n) is 6.27. The fourth-order valence-electron chi connectivity index (χ4n) is 1.67. The number of amides is 1. The maximum absolute atomic E-state index is 12.0. The van der Waals surface area contributed by atoms with Crippen LogP contribution in [0.1, 0.15) is 10.4 Å². The summed E-state index contributed by atoms with van der Waals surface area (Å²) in [5.41, 5.74) is 0.671. The minimum Gasteiger partial charge on any atom is -0.475 e. The molecule has 0 saturated carbocycles. The van der Waals surface area contributed by atoms with Crippen LogP contribution in [0, 0.1) is 0 Å². The summed E-state index contributed by atoms with van der Waals surface area (Å²) < 4.78 is 31.7. The fourth-order valence-corrected chi connectivity index (χ4v) is 1.86. The van der Waals surface area contributed by atoms with E-state index in [1.807, 2.05) is 4.90 Å². The van der Waals surface area contributed by atoms with Crippen LogP contribution in [0.2, 0.25) is 5.02 Å². The summed E-state index contributed by atoms with van der Waals surface area (Å²) in [5.74, 6) is -2.69. The van der Waals surface area contributed by atoms with Crippen LogP contribution < -0.4 is 5.32 Å². The minimum absolute atomic E-state index is 0.0685. The van der Waals surface area contributed by atoms with Gasteiger partial charge in [0.15, 0.2) is 0 Å². The van der Waals surface area contributed by atoms with Crippen LogP contribution in [0.15, 0.2) is 24.3 Å². The van der Waals surface area contributed by atoms with Crippen molar-refractivity contribution >= 4 is 23.5 Å². The second-order valence-electron chi connectivity index (χ2n) is 4.36. The molecule has 1 aliphatic rings. The average molecular weight is 339 g/mol. The van der Waals surface area contributed by atoms with Crippen LogP contribution in [0.25, 0.3) is 0 Å². The van der Waals surface area contributed by atoms with Crippen molar-refractivity contribution in [1.29, 1.82) is 0 Å². The number of nitrogens with zero attached hydrogens (tertiary/aromatic N) is 1.